The number of rotatable bonds is 1. The van der Waals surface area contributed by atoms with Crippen molar-refractivity contribution < 1.29 is 17.1 Å². The maximum atomic E-state index is 4.10. The van der Waals surface area contributed by atoms with E-state index in [2.05, 4.69) is 15.0 Å². The van der Waals surface area contributed by atoms with Gasteiger partial charge in [-0.3, -0.25) is 4.98 Å². The molecule has 0 aliphatic carbocycles. The molecule has 78 valence electrons. The van der Waals surface area contributed by atoms with Crippen molar-refractivity contribution in [2.24, 2.45) is 0 Å². The molecule has 0 amide bonds. The molecule has 0 bridgehead atoms. The predicted molar refractivity (Wildman–Crippen MR) is 52.1 cm³/mol. The van der Waals surface area contributed by atoms with Crippen molar-refractivity contribution in [2.75, 3.05) is 0 Å². The molecule has 0 N–H and O–H groups in total. The van der Waals surface area contributed by atoms with Crippen LogP contribution in [-0.2, 0) is 17.1 Å². The number of imidazole rings is 1. The first-order valence-electron chi connectivity index (χ1n) is 4.32. The average molecular weight is 238 g/mol. The number of aromatic nitrogens is 3. The molecule has 2 aromatic heterocycles. The molecule has 0 fully saturated rings. The Balaban J connectivity index is 0.000000531. The number of hydrogen-bond donors (Lipinski definition) is 0. The van der Waals surface area contributed by atoms with E-state index in [-0.39, 0.29) is 17.1 Å². The Labute approximate surface area is 94.5 Å². The van der Waals surface area contributed by atoms with Crippen molar-refractivity contribution in [2.45, 2.75) is 13.8 Å². The van der Waals surface area contributed by atoms with Crippen LogP contribution >= 0.6 is 0 Å². The topological polar surface area (TPSA) is 39.9 Å². The summed E-state index contributed by atoms with van der Waals surface area (Å²) < 4.78 is 0. The Bertz CT molecular complexity index is 318. The first-order valence-corrected chi connectivity index (χ1v) is 4.32. The summed E-state index contributed by atoms with van der Waals surface area (Å²) in [7, 11) is 0. The van der Waals surface area contributed by atoms with Crippen LogP contribution in [-0.4, -0.2) is 9.97 Å². The quantitative estimate of drug-likeness (QED) is 0.714. The Morgan fingerprint density at radius 1 is 1.07 bits per heavy atom. The zero-order chi connectivity index (χ0) is 9.52. The molecule has 0 aromatic carbocycles. The Hall–Kier alpha value is -1.12. The van der Waals surface area contributed by atoms with Crippen LogP contribution in [0.3, 0.4) is 0 Å². The maximum Gasteiger partial charge on any atom is 1.00 e. The van der Waals surface area contributed by atoms with Gasteiger partial charge in [-0.15, -0.1) is 0 Å². The summed E-state index contributed by atoms with van der Waals surface area (Å²) in [5, 5.41) is 0. The van der Waals surface area contributed by atoms with Crippen LogP contribution in [0.2, 0.25) is 0 Å². The van der Waals surface area contributed by atoms with Gasteiger partial charge in [0.1, 0.15) is 0 Å². The van der Waals surface area contributed by atoms with Gasteiger partial charge in [0.15, 0.2) is 0 Å². The van der Waals surface area contributed by atoms with Crippen LogP contribution in [0.4, 0.5) is 0 Å². The summed E-state index contributed by atoms with van der Waals surface area (Å²) in [6.07, 6.45) is 5.04. The van der Waals surface area contributed by atoms with Crippen LogP contribution < -0.4 is 4.98 Å². The summed E-state index contributed by atoms with van der Waals surface area (Å²) in [5.74, 6) is 0.686. The molecule has 2 rings (SSSR count). The van der Waals surface area contributed by atoms with Gasteiger partial charge in [0, 0.05) is 6.20 Å². The van der Waals surface area contributed by atoms with Gasteiger partial charge >= 0.3 is 17.1 Å². The van der Waals surface area contributed by atoms with Crippen LogP contribution in [0.15, 0.2) is 36.8 Å². The monoisotopic (exact) mass is 237 g/mol. The summed E-state index contributed by atoms with van der Waals surface area (Å²) in [5.41, 5.74) is 0.817. The average Bonchev–Trinajstić information content (AvgIpc) is 2.75. The van der Waals surface area contributed by atoms with Gasteiger partial charge in [-0.1, -0.05) is 32.3 Å². The third-order valence-corrected chi connectivity index (χ3v) is 1.35. The van der Waals surface area contributed by atoms with Gasteiger partial charge < -0.3 is 9.97 Å². The smallest absolute Gasteiger partial charge is 0.441 e. The summed E-state index contributed by atoms with van der Waals surface area (Å²) in [6, 6.07) is 5.67. The van der Waals surface area contributed by atoms with Crippen LogP contribution in [0.1, 0.15) is 13.8 Å². The van der Waals surface area contributed by atoms with Gasteiger partial charge in [0.25, 0.3) is 0 Å². The van der Waals surface area contributed by atoms with E-state index < -0.39 is 0 Å². The normalized spacial score (nSPS) is 8.14. The fourth-order valence-electron chi connectivity index (χ4n) is 0.869. The molecule has 0 radical (unpaired) electrons. The van der Waals surface area contributed by atoms with Gasteiger partial charge in [0.2, 0.25) is 0 Å². The summed E-state index contributed by atoms with van der Waals surface area (Å²) in [4.78, 5) is 12.1. The minimum Gasteiger partial charge on any atom is -0.441 e. The van der Waals surface area contributed by atoms with Crippen molar-refractivity contribution in [3.63, 3.8) is 0 Å². The van der Waals surface area contributed by atoms with E-state index in [1.165, 1.54) is 0 Å². The molecule has 0 aliphatic heterocycles. The first-order chi connectivity index (χ1) is 6.47. The Morgan fingerprint density at radius 2 is 1.86 bits per heavy atom. The Morgan fingerprint density at radius 3 is 2.36 bits per heavy atom. The third-order valence-electron chi connectivity index (χ3n) is 1.35. The zero-order valence-electron chi connectivity index (χ0n) is 8.11. The van der Waals surface area contributed by atoms with E-state index in [0.29, 0.717) is 5.82 Å². The van der Waals surface area contributed by atoms with E-state index in [9.17, 15) is 0 Å². The fourth-order valence-corrected chi connectivity index (χ4v) is 0.869. The summed E-state index contributed by atoms with van der Waals surface area (Å²) in [6.45, 7) is 4.00. The van der Waals surface area contributed by atoms with Gasteiger partial charge in [0.05, 0.1) is 5.69 Å². The third kappa shape index (κ3) is 3.32. The summed E-state index contributed by atoms with van der Waals surface area (Å²) >= 11 is 0. The van der Waals surface area contributed by atoms with E-state index >= 15 is 0 Å². The maximum absolute atomic E-state index is 4.10. The fraction of sp³-hybridized carbons (Fsp3) is 0.200. The molecule has 14 heavy (non-hydrogen) atoms. The molecule has 4 heteroatoms. The minimum absolute atomic E-state index is 0. The van der Waals surface area contributed by atoms with Gasteiger partial charge in [-0.2, -0.15) is 0 Å². The molecule has 2 heterocycles. The predicted octanol–water partition coefficient (Wildman–Crippen LogP) is 2.12. The molecule has 0 atom stereocenters. The standard InChI is InChI=1S/C8H6N3.C2H6.Cu/c1-2-4-9-7(3-1)8-10-5-6-11-8;1-2;/h1-6H;1-2H3;/q-1;;+1. The van der Waals surface area contributed by atoms with Crippen molar-refractivity contribution >= 4 is 0 Å². The molecule has 3 nitrogen and oxygen atoms in total. The molecule has 0 aliphatic rings. The van der Waals surface area contributed by atoms with Crippen molar-refractivity contribution in [3.05, 3.63) is 36.8 Å². The molecule has 0 saturated heterocycles. The number of hydrogen-bond acceptors (Lipinski definition) is 2. The molecule has 0 spiro atoms. The SMILES string of the molecule is CC.[Cu+].c1ccc(-c2ncc[n-]2)nc1. The van der Waals surface area contributed by atoms with E-state index in [0.717, 1.165) is 5.69 Å². The second-order valence-corrected chi connectivity index (χ2v) is 2.09. The van der Waals surface area contributed by atoms with Crippen molar-refractivity contribution in [1.82, 2.24) is 15.0 Å². The van der Waals surface area contributed by atoms with Crippen molar-refractivity contribution in [1.29, 1.82) is 0 Å². The number of pyridine rings is 1. The second-order valence-electron chi connectivity index (χ2n) is 2.09. The first kappa shape index (κ1) is 12.9. The van der Waals surface area contributed by atoms with E-state index in [1.807, 2.05) is 32.0 Å². The van der Waals surface area contributed by atoms with E-state index in [4.69, 9.17) is 0 Å². The molecule has 0 saturated carbocycles. The molecule has 0 unspecified atom stereocenters. The Kier molecular flexibility index (Phi) is 6.71. The second kappa shape index (κ2) is 7.30. The molecular formula is C10H12CuN3. The zero-order valence-corrected chi connectivity index (χ0v) is 9.05. The van der Waals surface area contributed by atoms with Crippen molar-refractivity contribution in [3.8, 4) is 11.5 Å². The largest absolute Gasteiger partial charge is 1.00 e. The minimum atomic E-state index is 0. The van der Waals surface area contributed by atoms with Crippen LogP contribution in [0.25, 0.3) is 11.5 Å². The van der Waals surface area contributed by atoms with E-state index in [1.54, 1.807) is 18.6 Å². The molecular weight excluding hydrogens is 226 g/mol. The van der Waals surface area contributed by atoms with Crippen LogP contribution in [0, 0.1) is 0 Å². The molecule has 2 aromatic rings. The number of nitrogens with zero attached hydrogens (tertiary/aromatic N) is 3. The van der Waals surface area contributed by atoms with Crippen LogP contribution in [0.5, 0.6) is 0 Å². The van der Waals surface area contributed by atoms with Gasteiger partial charge in [-0.05, 0) is 18.0 Å². The van der Waals surface area contributed by atoms with Gasteiger partial charge in [-0.25, -0.2) is 0 Å².